The average molecular weight is 214 g/mol. The van der Waals surface area contributed by atoms with Crippen molar-refractivity contribution in [1.29, 1.82) is 0 Å². The average Bonchev–Trinajstić information content (AvgIpc) is 2.29. The summed E-state index contributed by atoms with van der Waals surface area (Å²) in [7, 11) is -1.58. The molecule has 3 rings (SSSR count). The van der Waals surface area contributed by atoms with Crippen LogP contribution in [0.4, 0.5) is 0 Å². The van der Waals surface area contributed by atoms with Crippen LogP contribution in [0.25, 0.3) is 16.8 Å². The molecule has 0 aliphatic carbocycles. The summed E-state index contributed by atoms with van der Waals surface area (Å²) in [5.41, 5.74) is 1.16. The fourth-order valence-corrected chi connectivity index (χ4v) is 3.45. The van der Waals surface area contributed by atoms with E-state index in [1.807, 2.05) is 24.3 Å². The van der Waals surface area contributed by atoms with Crippen molar-refractivity contribution in [3.8, 4) is 0 Å². The molecule has 2 heteroatoms. The lowest BCUT2D eigenvalue weighted by atomic mass is 10.0. The summed E-state index contributed by atoms with van der Waals surface area (Å²) in [6.45, 7) is 0. The molecule has 0 fully saturated rings. The first kappa shape index (κ1) is 8.94. The van der Waals surface area contributed by atoms with E-state index in [1.54, 1.807) is 0 Å². The van der Waals surface area contributed by atoms with Crippen LogP contribution in [0.3, 0.4) is 0 Å². The lowest BCUT2D eigenvalue weighted by Gasteiger charge is -2.12. The molecule has 0 N–H and O–H groups in total. The largest absolute Gasteiger partial charge is 0.322 e. The van der Waals surface area contributed by atoms with E-state index in [1.165, 1.54) is 10.8 Å². The summed E-state index contributed by atoms with van der Waals surface area (Å²) in [5.74, 6) is 0. The first-order chi connectivity index (χ1) is 7.36. The Morgan fingerprint density at radius 3 is 2.87 bits per heavy atom. The second-order valence-corrected chi connectivity index (χ2v) is 5.57. The number of hydrogen-bond donors (Lipinski definition) is 0. The standard InChI is InChI=1S/C13H11OP/c14-15-9-3-6-12-11-5-2-1-4-10(11)7-8-13(12)15/h1-8,15H,9H2. The zero-order valence-electron chi connectivity index (χ0n) is 8.23. The molecule has 0 amide bonds. The second-order valence-electron chi connectivity index (χ2n) is 3.78. The van der Waals surface area contributed by atoms with E-state index in [2.05, 4.69) is 24.3 Å². The molecular weight excluding hydrogens is 203 g/mol. The zero-order chi connectivity index (χ0) is 10.3. The smallest absolute Gasteiger partial charge is 0.108 e. The van der Waals surface area contributed by atoms with E-state index in [4.69, 9.17) is 0 Å². The van der Waals surface area contributed by atoms with E-state index in [9.17, 15) is 4.57 Å². The van der Waals surface area contributed by atoms with Crippen LogP contribution in [0.15, 0.2) is 42.5 Å². The molecule has 0 saturated carbocycles. The van der Waals surface area contributed by atoms with E-state index in [0.29, 0.717) is 0 Å². The lowest BCUT2D eigenvalue weighted by Crippen LogP contribution is -2.06. The van der Waals surface area contributed by atoms with Gasteiger partial charge in [0.05, 0.1) is 0 Å². The number of allylic oxidation sites excluding steroid dienone is 1. The van der Waals surface area contributed by atoms with Crippen molar-refractivity contribution in [2.75, 3.05) is 6.16 Å². The van der Waals surface area contributed by atoms with Crippen LogP contribution in [-0.4, -0.2) is 6.16 Å². The molecule has 74 valence electrons. The molecular formula is C13H11OP. The van der Waals surface area contributed by atoms with Gasteiger partial charge in [0, 0.05) is 11.5 Å². The van der Waals surface area contributed by atoms with Gasteiger partial charge in [0.15, 0.2) is 0 Å². The predicted octanol–water partition coefficient (Wildman–Crippen LogP) is 3.05. The second kappa shape index (κ2) is 3.36. The summed E-state index contributed by atoms with van der Waals surface area (Å²) >= 11 is 0. The van der Waals surface area contributed by atoms with Gasteiger partial charge < -0.3 is 4.57 Å². The highest BCUT2D eigenvalue weighted by Crippen LogP contribution is 2.31. The van der Waals surface area contributed by atoms with Crippen LogP contribution in [0.5, 0.6) is 0 Å². The molecule has 0 saturated heterocycles. The Kier molecular flexibility index (Phi) is 2.00. The zero-order valence-corrected chi connectivity index (χ0v) is 9.23. The quantitative estimate of drug-likeness (QED) is 0.616. The number of hydrogen-bond acceptors (Lipinski definition) is 1. The number of benzene rings is 2. The molecule has 1 unspecified atom stereocenters. The van der Waals surface area contributed by atoms with Crippen LogP contribution in [0.2, 0.25) is 0 Å². The molecule has 0 spiro atoms. The predicted molar refractivity (Wildman–Crippen MR) is 66.5 cm³/mol. The summed E-state index contributed by atoms with van der Waals surface area (Å²) in [4.78, 5) is 0. The Hall–Kier alpha value is -1.33. The molecule has 2 aromatic carbocycles. The van der Waals surface area contributed by atoms with Gasteiger partial charge in [0.1, 0.15) is 7.80 Å². The minimum Gasteiger partial charge on any atom is -0.322 e. The normalized spacial score (nSPS) is 19.1. The third-order valence-corrected chi connectivity index (χ3v) is 4.50. The van der Waals surface area contributed by atoms with Gasteiger partial charge in [0.25, 0.3) is 0 Å². The molecule has 2 aromatic rings. The van der Waals surface area contributed by atoms with Crippen molar-refractivity contribution < 1.29 is 4.57 Å². The minimum atomic E-state index is -1.58. The Morgan fingerprint density at radius 2 is 1.93 bits per heavy atom. The van der Waals surface area contributed by atoms with Gasteiger partial charge >= 0.3 is 0 Å². The van der Waals surface area contributed by atoms with E-state index >= 15 is 0 Å². The minimum absolute atomic E-state index is 0.718. The third kappa shape index (κ3) is 1.35. The van der Waals surface area contributed by atoms with Gasteiger partial charge in [-0.3, -0.25) is 0 Å². The summed E-state index contributed by atoms with van der Waals surface area (Å²) in [6, 6.07) is 12.3. The third-order valence-electron chi connectivity index (χ3n) is 2.86. The molecule has 1 heterocycles. The van der Waals surface area contributed by atoms with E-state index < -0.39 is 7.80 Å². The van der Waals surface area contributed by atoms with Crippen molar-refractivity contribution in [3.63, 3.8) is 0 Å². The van der Waals surface area contributed by atoms with E-state index in [-0.39, 0.29) is 0 Å². The Morgan fingerprint density at radius 1 is 1.07 bits per heavy atom. The van der Waals surface area contributed by atoms with Crippen molar-refractivity contribution in [2.24, 2.45) is 0 Å². The molecule has 15 heavy (non-hydrogen) atoms. The van der Waals surface area contributed by atoms with Gasteiger partial charge in [-0.15, -0.1) is 0 Å². The van der Waals surface area contributed by atoms with Crippen molar-refractivity contribution in [3.05, 3.63) is 48.0 Å². The highest BCUT2D eigenvalue weighted by Gasteiger charge is 2.13. The Labute approximate surface area is 89.2 Å². The summed E-state index contributed by atoms with van der Waals surface area (Å²) < 4.78 is 11.9. The first-order valence-corrected chi connectivity index (χ1v) is 6.69. The molecule has 1 aliphatic rings. The number of fused-ring (bicyclic) bond motifs is 3. The molecule has 0 radical (unpaired) electrons. The Bertz CT molecular complexity index is 584. The fourth-order valence-electron chi connectivity index (χ4n) is 2.11. The summed E-state index contributed by atoms with van der Waals surface area (Å²) in [6.07, 6.45) is 4.84. The van der Waals surface area contributed by atoms with Crippen LogP contribution in [-0.2, 0) is 4.57 Å². The monoisotopic (exact) mass is 214 g/mol. The van der Waals surface area contributed by atoms with E-state index in [0.717, 1.165) is 17.0 Å². The Balaban J connectivity index is 2.44. The van der Waals surface area contributed by atoms with Gasteiger partial charge in [-0.2, -0.15) is 0 Å². The van der Waals surface area contributed by atoms with Crippen molar-refractivity contribution >= 4 is 30.0 Å². The van der Waals surface area contributed by atoms with Gasteiger partial charge in [-0.1, -0.05) is 48.6 Å². The van der Waals surface area contributed by atoms with Crippen molar-refractivity contribution in [1.82, 2.24) is 0 Å². The highest BCUT2D eigenvalue weighted by molar-refractivity contribution is 7.54. The molecule has 1 nitrogen and oxygen atoms in total. The molecule has 1 aliphatic heterocycles. The van der Waals surface area contributed by atoms with Gasteiger partial charge in [0.2, 0.25) is 0 Å². The lowest BCUT2D eigenvalue weighted by molar-refractivity contribution is 0.594. The maximum absolute atomic E-state index is 11.9. The molecule has 0 aromatic heterocycles. The molecule has 0 bridgehead atoms. The van der Waals surface area contributed by atoms with Crippen molar-refractivity contribution in [2.45, 2.75) is 0 Å². The highest BCUT2D eigenvalue weighted by atomic mass is 31.1. The number of rotatable bonds is 0. The molecule has 1 atom stereocenters. The maximum atomic E-state index is 11.9. The van der Waals surface area contributed by atoms with Crippen LogP contribution >= 0.6 is 7.80 Å². The first-order valence-electron chi connectivity index (χ1n) is 5.08. The van der Waals surface area contributed by atoms with Crippen LogP contribution in [0, 0.1) is 0 Å². The SMILES string of the molecule is O=[PH]1CC=Cc2c1ccc1ccccc21. The van der Waals surface area contributed by atoms with Gasteiger partial charge in [-0.05, 0) is 16.3 Å². The fraction of sp³-hybridized carbons (Fsp3) is 0.0769. The maximum Gasteiger partial charge on any atom is 0.108 e. The summed E-state index contributed by atoms with van der Waals surface area (Å²) in [5, 5.41) is 3.48. The van der Waals surface area contributed by atoms with Crippen LogP contribution in [0.1, 0.15) is 5.56 Å². The van der Waals surface area contributed by atoms with Crippen LogP contribution < -0.4 is 5.30 Å². The van der Waals surface area contributed by atoms with Gasteiger partial charge in [-0.25, -0.2) is 0 Å². The topological polar surface area (TPSA) is 17.1 Å².